The average molecular weight is 333 g/mol. The largest absolute Gasteiger partial charge is 0.370 e. The molecule has 1 aliphatic carbocycles. The maximum atomic E-state index is 12.1. The van der Waals surface area contributed by atoms with Gasteiger partial charge in [0.2, 0.25) is 5.91 Å². The molecule has 1 N–H and O–H groups in total. The van der Waals surface area contributed by atoms with Crippen LogP contribution < -0.4 is 10.2 Å². The quantitative estimate of drug-likeness (QED) is 0.889. The summed E-state index contributed by atoms with van der Waals surface area (Å²) < 4.78 is 0. The Morgan fingerprint density at radius 3 is 2.48 bits per heavy atom. The van der Waals surface area contributed by atoms with Gasteiger partial charge in [0.1, 0.15) is 0 Å². The standard InChI is InChI=1S/C19H28N2OS/c22-19(14-16-4-2-1-3-5-16)20-15-17-6-8-18(9-7-17)21-10-12-23-13-11-21/h6-9,16H,1-5,10-15H2,(H,20,22). The summed E-state index contributed by atoms with van der Waals surface area (Å²) in [4.78, 5) is 14.5. The second kappa shape index (κ2) is 8.62. The molecule has 2 aliphatic rings. The molecule has 0 bridgehead atoms. The topological polar surface area (TPSA) is 32.3 Å². The minimum absolute atomic E-state index is 0.217. The van der Waals surface area contributed by atoms with Crippen molar-refractivity contribution in [3.63, 3.8) is 0 Å². The van der Waals surface area contributed by atoms with Crippen molar-refractivity contribution < 1.29 is 4.79 Å². The van der Waals surface area contributed by atoms with E-state index in [1.54, 1.807) is 0 Å². The predicted octanol–water partition coefficient (Wildman–Crippen LogP) is 3.83. The molecular weight excluding hydrogens is 304 g/mol. The molecule has 0 aromatic heterocycles. The molecule has 3 nitrogen and oxygen atoms in total. The van der Waals surface area contributed by atoms with E-state index >= 15 is 0 Å². The molecule has 1 aromatic rings. The lowest BCUT2D eigenvalue weighted by Gasteiger charge is -2.28. The highest BCUT2D eigenvalue weighted by Gasteiger charge is 2.16. The SMILES string of the molecule is O=C(CC1CCCCC1)NCc1ccc(N2CCSCC2)cc1. The first-order valence-electron chi connectivity index (χ1n) is 8.99. The molecule has 3 rings (SSSR count). The van der Waals surface area contributed by atoms with Crippen molar-refractivity contribution in [3.8, 4) is 0 Å². The molecule has 4 heteroatoms. The lowest BCUT2D eigenvalue weighted by atomic mass is 9.87. The number of rotatable bonds is 5. The first-order chi connectivity index (χ1) is 11.3. The number of carbonyl (C=O) groups is 1. The van der Waals surface area contributed by atoms with Crippen LogP contribution in [-0.2, 0) is 11.3 Å². The summed E-state index contributed by atoms with van der Waals surface area (Å²) in [6.07, 6.45) is 7.12. The van der Waals surface area contributed by atoms with Crippen LogP contribution in [0.3, 0.4) is 0 Å². The monoisotopic (exact) mass is 332 g/mol. The molecule has 2 fully saturated rings. The second-order valence-corrected chi connectivity index (χ2v) is 7.98. The fraction of sp³-hybridized carbons (Fsp3) is 0.632. The Labute approximate surface area is 144 Å². The molecule has 1 saturated heterocycles. The smallest absolute Gasteiger partial charge is 0.220 e. The summed E-state index contributed by atoms with van der Waals surface area (Å²) in [5, 5.41) is 3.09. The third-order valence-electron chi connectivity index (χ3n) is 5.00. The van der Waals surface area contributed by atoms with Gasteiger partial charge in [-0.1, -0.05) is 31.4 Å². The van der Waals surface area contributed by atoms with Gasteiger partial charge in [-0.25, -0.2) is 0 Å². The second-order valence-electron chi connectivity index (χ2n) is 6.75. The van der Waals surface area contributed by atoms with Gasteiger partial charge < -0.3 is 10.2 Å². The predicted molar refractivity (Wildman–Crippen MR) is 99.0 cm³/mol. The van der Waals surface area contributed by atoms with Gasteiger partial charge in [0, 0.05) is 43.2 Å². The third kappa shape index (κ3) is 5.17. The first kappa shape index (κ1) is 16.7. The summed E-state index contributed by atoms with van der Waals surface area (Å²) in [6, 6.07) is 8.69. The Morgan fingerprint density at radius 2 is 1.78 bits per heavy atom. The van der Waals surface area contributed by atoms with Crippen LogP contribution in [0.5, 0.6) is 0 Å². The number of benzene rings is 1. The summed E-state index contributed by atoms with van der Waals surface area (Å²) in [7, 11) is 0. The minimum atomic E-state index is 0.217. The zero-order valence-corrected chi connectivity index (χ0v) is 14.7. The Bertz CT molecular complexity index is 491. The normalized spacial score (nSPS) is 19.6. The molecular formula is C19H28N2OS. The van der Waals surface area contributed by atoms with Crippen LogP contribution in [0.25, 0.3) is 0 Å². The van der Waals surface area contributed by atoms with Gasteiger partial charge >= 0.3 is 0 Å². The molecule has 0 radical (unpaired) electrons. The van der Waals surface area contributed by atoms with Gasteiger partial charge in [-0.3, -0.25) is 4.79 Å². The number of thioether (sulfide) groups is 1. The van der Waals surface area contributed by atoms with E-state index < -0.39 is 0 Å². The molecule has 23 heavy (non-hydrogen) atoms. The summed E-state index contributed by atoms with van der Waals surface area (Å²) in [6.45, 7) is 2.94. The molecule has 1 amide bonds. The fourth-order valence-electron chi connectivity index (χ4n) is 3.57. The van der Waals surface area contributed by atoms with E-state index in [-0.39, 0.29) is 5.91 Å². The van der Waals surface area contributed by atoms with Gasteiger partial charge in [-0.05, 0) is 36.5 Å². The number of nitrogens with one attached hydrogen (secondary N) is 1. The molecule has 0 atom stereocenters. The van der Waals surface area contributed by atoms with E-state index in [0.717, 1.165) is 13.1 Å². The summed E-state index contributed by atoms with van der Waals surface area (Å²) in [5.74, 6) is 3.27. The highest BCUT2D eigenvalue weighted by molar-refractivity contribution is 7.99. The lowest BCUT2D eigenvalue weighted by Crippen LogP contribution is -2.32. The van der Waals surface area contributed by atoms with Crippen LogP contribution >= 0.6 is 11.8 Å². The van der Waals surface area contributed by atoms with Crippen molar-refractivity contribution in [1.29, 1.82) is 0 Å². The van der Waals surface area contributed by atoms with Crippen LogP contribution in [0, 0.1) is 5.92 Å². The van der Waals surface area contributed by atoms with Crippen molar-refractivity contribution >= 4 is 23.4 Å². The molecule has 0 unspecified atom stereocenters. The van der Waals surface area contributed by atoms with Crippen molar-refractivity contribution in [1.82, 2.24) is 5.32 Å². The van der Waals surface area contributed by atoms with Gasteiger partial charge in [0.25, 0.3) is 0 Å². The summed E-state index contributed by atoms with van der Waals surface area (Å²) in [5.41, 5.74) is 2.50. The van der Waals surface area contributed by atoms with Crippen LogP contribution in [-0.4, -0.2) is 30.5 Å². The maximum absolute atomic E-state index is 12.1. The lowest BCUT2D eigenvalue weighted by molar-refractivity contribution is -0.122. The van der Waals surface area contributed by atoms with Crippen LogP contribution in [0.15, 0.2) is 24.3 Å². The van der Waals surface area contributed by atoms with E-state index in [4.69, 9.17) is 0 Å². The van der Waals surface area contributed by atoms with Crippen molar-refractivity contribution in [2.45, 2.75) is 45.1 Å². The number of hydrogen-bond acceptors (Lipinski definition) is 3. The fourth-order valence-corrected chi connectivity index (χ4v) is 4.48. The van der Waals surface area contributed by atoms with Crippen molar-refractivity contribution in [3.05, 3.63) is 29.8 Å². The molecule has 1 saturated carbocycles. The molecule has 126 valence electrons. The van der Waals surface area contributed by atoms with Crippen molar-refractivity contribution in [2.24, 2.45) is 5.92 Å². The van der Waals surface area contributed by atoms with Crippen LogP contribution in [0.2, 0.25) is 0 Å². The van der Waals surface area contributed by atoms with Gasteiger partial charge in [-0.15, -0.1) is 0 Å². The zero-order chi connectivity index (χ0) is 15.9. The number of nitrogens with zero attached hydrogens (tertiary/aromatic N) is 1. The Balaban J connectivity index is 1.43. The maximum Gasteiger partial charge on any atom is 0.220 e. The number of carbonyl (C=O) groups excluding carboxylic acids is 1. The number of amides is 1. The van der Waals surface area contributed by atoms with E-state index in [1.165, 1.54) is 54.9 Å². The molecule has 0 spiro atoms. The highest BCUT2D eigenvalue weighted by atomic mass is 32.2. The Kier molecular flexibility index (Phi) is 6.26. The van der Waals surface area contributed by atoms with E-state index in [2.05, 4.69) is 34.5 Å². The average Bonchev–Trinajstić information content (AvgIpc) is 2.62. The minimum Gasteiger partial charge on any atom is -0.370 e. The van der Waals surface area contributed by atoms with Gasteiger partial charge in [-0.2, -0.15) is 11.8 Å². The summed E-state index contributed by atoms with van der Waals surface area (Å²) >= 11 is 2.03. The Morgan fingerprint density at radius 1 is 1.09 bits per heavy atom. The molecule has 1 aromatic carbocycles. The third-order valence-corrected chi connectivity index (χ3v) is 5.94. The van der Waals surface area contributed by atoms with E-state index in [0.29, 0.717) is 18.9 Å². The number of hydrogen-bond donors (Lipinski definition) is 1. The highest BCUT2D eigenvalue weighted by Crippen LogP contribution is 2.26. The van der Waals surface area contributed by atoms with Crippen LogP contribution in [0.4, 0.5) is 5.69 Å². The first-order valence-corrected chi connectivity index (χ1v) is 10.1. The van der Waals surface area contributed by atoms with E-state index in [1.807, 2.05) is 11.8 Å². The number of anilines is 1. The van der Waals surface area contributed by atoms with Crippen molar-refractivity contribution in [2.75, 3.05) is 29.5 Å². The Hall–Kier alpha value is -1.16. The van der Waals surface area contributed by atoms with Gasteiger partial charge in [0.05, 0.1) is 0 Å². The van der Waals surface area contributed by atoms with Crippen LogP contribution in [0.1, 0.15) is 44.1 Å². The molecule has 1 aliphatic heterocycles. The van der Waals surface area contributed by atoms with E-state index in [9.17, 15) is 4.79 Å². The zero-order valence-electron chi connectivity index (χ0n) is 13.9. The molecule has 1 heterocycles. The van der Waals surface area contributed by atoms with Gasteiger partial charge in [0.15, 0.2) is 0 Å².